The molecule has 1 saturated heterocycles. The third kappa shape index (κ3) is 5.49. The highest BCUT2D eigenvalue weighted by Crippen LogP contribution is 2.40. The van der Waals surface area contributed by atoms with Crippen molar-refractivity contribution in [2.75, 3.05) is 13.7 Å². The molecule has 2 aliphatic carbocycles. The maximum Gasteiger partial charge on any atom is 0.333 e. The van der Waals surface area contributed by atoms with E-state index in [9.17, 15) is 18.4 Å². The van der Waals surface area contributed by atoms with E-state index in [1.807, 2.05) is 54.6 Å². The number of hydrogen-bond donors (Lipinski definition) is 2. The van der Waals surface area contributed by atoms with Gasteiger partial charge in [-0.2, -0.15) is 13.9 Å². The number of halogens is 2. The van der Waals surface area contributed by atoms with Gasteiger partial charge in [-0.05, 0) is 88.1 Å². The number of carbonyl (C=O) groups is 2. The summed E-state index contributed by atoms with van der Waals surface area (Å²) in [5, 5.41) is 7.42. The Morgan fingerprint density at radius 3 is 2.62 bits per heavy atom. The Balaban J connectivity index is 1.16. The molecule has 0 unspecified atom stereocenters. The van der Waals surface area contributed by atoms with E-state index in [4.69, 9.17) is 20.4 Å². The summed E-state index contributed by atoms with van der Waals surface area (Å²) < 4.78 is 36.6. The Hall–Kier alpha value is -4.85. The molecule has 2 saturated carbocycles. The molecular weight excluding hydrogens is 644 g/mol. The molecule has 3 aliphatic rings. The van der Waals surface area contributed by atoms with E-state index in [1.54, 1.807) is 7.11 Å². The zero-order valence-electron chi connectivity index (χ0n) is 28.6. The molecule has 2 amide bonds. The minimum absolute atomic E-state index is 0.00724. The van der Waals surface area contributed by atoms with Crippen molar-refractivity contribution < 1.29 is 23.1 Å². The van der Waals surface area contributed by atoms with Crippen LogP contribution in [0.25, 0.3) is 33.6 Å². The maximum atomic E-state index is 13.9. The molecule has 5 aromatic rings. The standard InChI is InChI=1S/C36H41F2N9O3/c1-36(2,43-33(48)23-15-40-47(17-23)35(37)38)29-10-8-21-13-27(46(31(21)42-29)16-19-5-6-19)32-41-26-12-22(14-28(50-4)30(26)44(32)3)34(49)45-18-25(39)20-7-9-24(45)11-20/h8,10,12-15,17,19-20,24-25,35H,5-7,9,11,16,18,39H2,1-4H3,(H,43,48)/t20-,24+,25+/m1/s1. The number of methoxy groups -OCH3 is 1. The molecular formula is C36H41F2N9O3. The summed E-state index contributed by atoms with van der Waals surface area (Å²) in [4.78, 5) is 39.0. The Morgan fingerprint density at radius 1 is 1.10 bits per heavy atom. The number of carbonyl (C=O) groups excluding carboxylic acids is 2. The van der Waals surface area contributed by atoms with Crippen LogP contribution in [0.4, 0.5) is 8.78 Å². The van der Waals surface area contributed by atoms with Gasteiger partial charge in [0.2, 0.25) is 0 Å². The first-order valence-electron chi connectivity index (χ1n) is 17.2. The van der Waals surface area contributed by atoms with Crippen molar-refractivity contribution in [1.82, 2.24) is 39.1 Å². The third-order valence-corrected chi connectivity index (χ3v) is 10.8. The van der Waals surface area contributed by atoms with Gasteiger partial charge in [-0.1, -0.05) is 0 Å². The topological polar surface area (TPSA) is 138 Å². The van der Waals surface area contributed by atoms with Crippen LogP contribution < -0.4 is 15.8 Å². The summed E-state index contributed by atoms with van der Waals surface area (Å²) in [6.45, 7) is 2.12. The number of nitrogens with two attached hydrogens (primary N) is 1. The van der Waals surface area contributed by atoms with Crippen LogP contribution in [0.15, 0.2) is 42.7 Å². The van der Waals surface area contributed by atoms with Crippen molar-refractivity contribution >= 4 is 33.9 Å². The number of alkyl halides is 2. The molecule has 8 rings (SSSR count). The summed E-state index contributed by atoms with van der Waals surface area (Å²) in [6.07, 6.45) is 7.39. The lowest BCUT2D eigenvalue weighted by Gasteiger charge is -2.37. The van der Waals surface area contributed by atoms with E-state index in [0.717, 1.165) is 73.3 Å². The fraction of sp³-hybridized carbons (Fsp3) is 0.472. The Bertz CT molecular complexity index is 2150. The lowest BCUT2D eigenvalue weighted by atomic mass is 9.94. The van der Waals surface area contributed by atoms with Crippen LogP contribution in [-0.2, 0) is 19.1 Å². The van der Waals surface area contributed by atoms with Crippen LogP contribution in [-0.4, -0.2) is 71.3 Å². The van der Waals surface area contributed by atoms with Gasteiger partial charge in [-0.3, -0.25) is 9.59 Å². The van der Waals surface area contributed by atoms with Crippen LogP contribution in [0.2, 0.25) is 0 Å². The van der Waals surface area contributed by atoms with E-state index >= 15 is 0 Å². The number of amides is 2. The molecule has 12 nitrogen and oxygen atoms in total. The summed E-state index contributed by atoms with van der Waals surface area (Å²) in [5.41, 5.74) is 9.77. The zero-order chi connectivity index (χ0) is 35.1. The first kappa shape index (κ1) is 32.4. The number of fused-ring (bicyclic) bond motifs is 4. The van der Waals surface area contributed by atoms with Gasteiger partial charge in [0.15, 0.2) is 5.82 Å². The number of nitrogens with one attached hydrogen (secondary N) is 1. The maximum absolute atomic E-state index is 13.9. The number of aryl methyl sites for hydroxylation is 1. The van der Waals surface area contributed by atoms with Crippen molar-refractivity contribution in [1.29, 1.82) is 0 Å². The van der Waals surface area contributed by atoms with Gasteiger partial charge in [0.05, 0.1) is 41.3 Å². The number of pyridine rings is 1. The third-order valence-electron chi connectivity index (χ3n) is 10.8. The van der Waals surface area contributed by atoms with Crippen molar-refractivity contribution in [2.24, 2.45) is 24.6 Å². The predicted molar refractivity (Wildman–Crippen MR) is 183 cm³/mol. The molecule has 3 atom stereocenters. The fourth-order valence-electron chi connectivity index (χ4n) is 7.81. The van der Waals surface area contributed by atoms with Gasteiger partial charge in [-0.15, -0.1) is 0 Å². The number of piperidine rings is 1. The molecule has 4 aromatic heterocycles. The SMILES string of the molecule is COc1cc(C(=O)N2C[C@H](N)[C@@H]3CC[C@H]2C3)cc2nc(-c3cc4ccc(C(C)(C)NC(=O)c5cnn(C(F)F)c5)nc4n3CC3CC3)n(C)c12. The van der Waals surface area contributed by atoms with Gasteiger partial charge in [-0.25, -0.2) is 14.6 Å². The van der Waals surface area contributed by atoms with Crippen LogP contribution in [0, 0.1) is 11.8 Å². The molecule has 0 spiro atoms. The normalized spacial score (nSPS) is 20.7. The highest BCUT2D eigenvalue weighted by molar-refractivity contribution is 6.00. The first-order chi connectivity index (χ1) is 23.9. The molecule has 0 radical (unpaired) electrons. The second-order valence-electron chi connectivity index (χ2n) is 14.6. The Morgan fingerprint density at radius 2 is 1.90 bits per heavy atom. The summed E-state index contributed by atoms with van der Waals surface area (Å²) in [5.74, 6) is 1.71. The quantitative estimate of drug-likeness (QED) is 0.217. The van der Waals surface area contributed by atoms with Crippen molar-refractivity contribution in [3.05, 3.63) is 59.5 Å². The zero-order valence-corrected chi connectivity index (χ0v) is 28.6. The molecule has 5 heterocycles. The number of imidazole rings is 1. The molecule has 14 heteroatoms. The van der Waals surface area contributed by atoms with Crippen molar-refractivity contribution in [3.8, 4) is 17.3 Å². The van der Waals surface area contributed by atoms with Gasteiger partial charge in [0.25, 0.3) is 11.8 Å². The molecule has 3 N–H and O–H groups in total. The number of likely N-dealkylation sites (tertiary alicyclic amines) is 1. The number of aromatic nitrogens is 6. The average Bonchev–Trinajstić information content (AvgIpc) is 3.42. The monoisotopic (exact) mass is 685 g/mol. The van der Waals surface area contributed by atoms with Crippen LogP contribution in [0.5, 0.6) is 5.75 Å². The molecule has 3 fully saturated rings. The molecule has 1 aromatic carbocycles. The lowest BCUT2D eigenvalue weighted by Crippen LogP contribution is -2.51. The van der Waals surface area contributed by atoms with Gasteiger partial charge < -0.3 is 29.8 Å². The minimum atomic E-state index is -2.84. The van der Waals surface area contributed by atoms with E-state index < -0.39 is 18.0 Å². The van der Waals surface area contributed by atoms with Crippen LogP contribution in [0.3, 0.4) is 0 Å². The van der Waals surface area contributed by atoms with Gasteiger partial charge in [0, 0.05) is 49.4 Å². The Labute approximate surface area is 287 Å². The average molecular weight is 686 g/mol. The minimum Gasteiger partial charge on any atom is -0.494 e. The van der Waals surface area contributed by atoms with Crippen LogP contribution in [0.1, 0.15) is 78.9 Å². The fourth-order valence-corrected chi connectivity index (χ4v) is 7.81. The number of nitrogens with zero attached hydrogens (tertiary/aromatic N) is 7. The second-order valence-corrected chi connectivity index (χ2v) is 14.6. The van der Waals surface area contributed by atoms with E-state index in [-0.39, 0.29) is 23.6 Å². The molecule has 2 bridgehead atoms. The number of hydrogen-bond acceptors (Lipinski definition) is 7. The first-order valence-corrected chi connectivity index (χ1v) is 17.2. The van der Waals surface area contributed by atoms with Gasteiger partial charge >= 0.3 is 6.55 Å². The summed E-state index contributed by atoms with van der Waals surface area (Å²) in [6, 6.07) is 9.79. The van der Waals surface area contributed by atoms with Gasteiger partial charge in [0.1, 0.15) is 16.9 Å². The van der Waals surface area contributed by atoms with Crippen molar-refractivity contribution in [3.63, 3.8) is 0 Å². The van der Waals surface area contributed by atoms with E-state index in [0.29, 0.717) is 51.4 Å². The highest BCUT2D eigenvalue weighted by Gasteiger charge is 2.41. The van der Waals surface area contributed by atoms with E-state index in [2.05, 4.69) is 21.0 Å². The molecule has 50 heavy (non-hydrogen) atoms. The largest absolute Gasteiger partial charge is 0.494 e. The smallest absolute Gasteiger partial charge is 0.333 e. The summed E-state index contributed by atoms with van der Waals surface area (Å²) in [7, 11) is 3.55. The summed E-state index contributed by atoms with van der Waals surface area (Å²) >= 11 is 0. The van der Waals surface area contributed by atoms with E-state index in [1.165, 1.54) is 0 Å². The highest BCUT2D eigenvalue weighted by atomic mass is 19.3. The second kappa shape index (κ2) is 11.9. The van der Waals surface area contributed by atoms with Crippen LogP contribution >= 0.6 is 0 Å². The number of rotatable bonds is 9. The predicted octanol–water partition coefficient (Wildman–Crippen LogP) is 5.22. The molecule has 1 aliphatic heterocycles. The number of ether oxygens (including phenoxy) is 1. The lowest BCUT2D eigenvalue weighted by molar-refractivity contribution is 0.0564. The Kier molecular flexibility index (Phi) is 7.69. The number of benzene rings is 1. The molecule has 262 valence electrons. The van der Waals surface area contributed by atoms with Crippen molar-refractivity contribution in [2.45, 2.75) is 76.7 Å².